The fraction of sp³-hybridized carbons (Fsp3) is 0.500. The lowest BCUT2D eigenvalue weighted by atomic mass is 10.2. The average Bonchev–Trinajstić information content (AvgIpc) is 3.22. The van der Waals surface area contributed by atoms with Crippen LogP contribution in [-0.2, 0) is 4.79 Å². The number of carbonyl (C=O) groups is 1. The summed E-state index contributed by atoms with van der Waals surface area (Å²) in [5.41, 5.74) is 2.27. The number of fused-ring (bicyclic) bond motifs is 1. The zero-order chi connectivity index (χ0) is 12.5. The van der Waals surface area contributed by atoms with Crippen molar-refractivity contribution in [2.24, 2.45) is 0 Å². The number of amides is 1. The van der Waals surface area contributed by atoms with E-state index in [9.17, 15) is 4.79 Å². The standard InChI is InChI=1S/C14H19N3O.ClH/c1-16(11-6-7-11)14(18)10-17-9-8-15-12-4-2-3-5-13(12)17;/h2-5,11,15H,6-10H2,1H3;1H. The normalized spacial score (nSPS) is 17.0. The van der Waals surface area contributed by atoms with Gasteiger partial charge in [0.15, 0.2) is 0 Å². The summed E-state index contributed by atoms with van der Waals surface area (Å²) in [5, 5.41) is 3.36. The monoisotopic (exact) mass is 281 g/mol. The topological polar surface area (TPSA) is 35.6 Å². The molecule has 1 aromatic carbocycles. The van der Waals surface area contributed by atoms with Gasteiger partial charge in [-0.05, 0) is 25.0 Å². The lowest BCUT2D eigenvalue weighted by Gasteiger charge is -2.32. The van der Waals surface area contributed by atoms with Crippen LogP contribution in [0.1, 0.15) is 12.8 Å². The van der Waals surface area contributed by atoms with E-state index in [2.05, 4.69) is 22.3 Å². The van der Waals surface area contributed by atoms with E-state index in [1.165, 1.54) is 12.8 Å². The summed E-state index contributed by atoms with van der Waals surface area (Å²) < 4.78 is 0. The minimum atomic E-state index is 0. The molecule has 0 atom stereocenters. The summed E-state index contributed by atoms with van der Waals surface area (Å²) in [6.45, 7) is 2.28. The Bertz CT molecular complexity index is 462. The molecule has 0 unspecified atom stereocenters. The molecule has 1 aliphatic carbocycles. The van der Waals surface area contributed by atoms with Crippen LogP contribution in [-0.4, -0.2) is 43.5 Å². The van der Waals surface area contributed by atoms with Crippen molar-refractivity contribution in [3.63, 3.8) is 0 Å². The Hall–Kier alpha value is -1.42. The molecule has 0 saturated heterocycles. The zero-order valence-electron chi connectivity index (χ0n) is 11.1. The maximum absolute atomic E-state index is 12.2. The number of carbonyl (C=O) groups excluding carboxylic acids is 1. The van der Waals surface area contributed by atoms with Crippen LogP contribution >= 0.6 is 12.4 Å². The van der Waals surface area contributed by atoms with E-state index in [0.29, 0.717) is 12.6 Å². The number of anilines is 2. The van der Waals surface area contributed by atoms with Gasteiger partial charge in [-0.1, -0.05) is 12.1 Å². The molecule has 0 spiro atoms. The molecule has 19 heavy (non-hydrogen) atoms. The first-order chi connectivity index (χ1) is 8.75. The number of rotatable bonds is 3. The fourth-order valence-corrected chi connectivity index (χ4v) is 2.45. The van der Waals surface area contributed by atoms with Crippen molar-refractivity contribution in [3.05, 3.63) is 24.3 Å². The highest BCUT2D eigenvalue weighted by Crippen LogP contribution is 2.29. The van der Waals surface area contributed by atoms with Gasteiger partial charge in [-0.25, -0.2) is 0 Å². The number of likely N-dealkylation sites (N-methyl/N-ethyl adjacent to an activating group) is 1. The van der Waals surface area contributed by atoms with Crippen molar-refractivity contribution < 1.29 is 4.79 Å². The molecule has 5 heteroatoms. The summed E-state index contributed by atoms with van der Waals surface area (Å²) in [7, 11) is 1.92. The fourth-order valence-electron chi connectivity index (χ4n) is 2.45. The molecule has 1 heterocycles. The van der Waals surface area contributed by atoms with Gasteiger partial charge in [0.2, 0.25) is 5.91 Å². The van der Waals surface area contributed by atoms with Gasteiger partial charge in [0.05, 0.1) is 17.9 Å². The maximum Gasteiger partial charge on any atom is 0.242 e. The van der Waals surface area contributed by atoms with E-state index in [0.717, 1.165) is 24.5 Å². The third kappa shape index (κ3) is 2.95. The SMILES string of the molecule is CN(C(=O)CN1CCNc2ccccc21)C1CC1.Cl. The predicted molar refractivity (Wildman–Crippen MR) is 80.2 cm³/mol. The van der Waals surface area contributed by atoms with Crippen LogP contribution < -0.4 is 10.2 Å². The number of benzene rings is 1. The molecular formula is C14H20ClN3O. The van der Waals surface area contributed by atoms with Gasteiger partial charge in [-0.2, -0.15) is 0 Å². The molecule has 4 nitrogen and oxygen atoms in total. The quantitative estimate of drug-likeness (QED) is 0.920. The second kappa shape index (κ2) is 5.70. The first kappa shape index (κ1) is 14.0. The number of nitrogens with one attached hydrogen (secondary N) is 1. The van der Waals surface area contributed by atoms with Crippen molar-refractivity contribution in [1.82, 2.24) is 4.90 Å². The average molecular weight is 282 g/mol. The second-order valence-electron chi connectivity index (χ2n) is 5.10. The molecule has 0 bridgehead atoms. The Morgan fingerprint density at radius 2 is 2.16 bits per heavy atom. The van der Waals surface area contributed by atoms with Gasteiger partial charge < -0.3 is 15.1 Å². The summed E-state index contributed by atoms with van der Waals surface area (Å²) in [5.74, 6) is 0.231. The summed E-state index contributed by atoms with van der Waals surface area (Å²) in [6, 6.07) is 8.68. The Balaban J connectivity index is 0.00000133. The van der Waals surface area contributed by atoms with Crippen LogP contribution in [0.2, 0.25) is 0 Å². The Morgan fingerprint density at radius 1 is 1.42 bits per heavy atom. The highest BCUT2D eigenvalue weighted by Gasteiger charge is 2.30. The summed E-state index contributed by atoms with van der Waals surface area (Å²) in [6.07, 6.45) is 2.33. The molecule has 1 fully saturated rings. The van der Waals surface area contributed by atoms with Crippen molar-refractivity contribution >= 4 is 29.7 Å². The Morgan fingerprint density at radius 3 is 2.89 bits per heavy atom. The first-order valence-corrected chi connectivity index (χ1v) is 6.59. The lowest BCUT2D eigenvalue weighted by molar-refractivity contribution is -0.128. The Kier molecular flexibility index (Phi) is 4.20. The van der Waals surface area contributed by atoms with E-state index in [-0.39, 0.29) is 18.3 Å². The molecule has 1 N–H and O–H groups in total. The smallest absolute Gasteiger partial charge is 0.242 e. The summed E-state index contributed by atoms with van der Waals surface area (Å²) in [4.78, 5) is 16.2. The molecule has 1 aromatic rings. The van der Waals surface area contributed by atoms with E-state index < -0.39 is 0 Å². The van der Waals surface area contributed by atoms with Crippen molar-refractivity contribution in [2.75, 3.05) is 36.9 Å². The van der Waals surface area contributed by atoms with E-state index in [1.54, 1.807) is 0 Å². The highest BCUT2D eigenvalue weighted by atomic mass is 35.5. The van der Waals surface area contributed by atoms with Crippen LogP contribution in [0.3, 0.4) is 0 Å². The Labute approximate surface area is 120 Å². The van der Waals surface area contributed by atoms with Crippen molar-refractivity contribution in [3.8, 4) is 0 Å². The lowest BCUT2D eigenvalue weighted by Crippen LogP contribution is -2.43. The van der Waals surface area contributed by atoms with Gasteiger partial charge in [-0.3, -0.25) is 4.79 Å². The van der Waals surface area contributed by atoms with E-state index in [4.69, 9.17) is 0 Å². The number of hydrogen-bond acceptors (Lipinski definition) is 3. The van der Waals surface area contributed by atoms with Crippen molar-refractivity contribution in [1.29, 1.82) is 0 Å². The van der Waals surface area contributed by atoms with Gasteiger partial charge in [0, 0.05) is 26.2 Å². The first-order valence-electron chi connectivity index (χ1n) is 6.59. The highest BCUT2D eigenvalue weighted by molar-refractivity contribution is 5.85. The van der Waals surface area contributed by atoms with Crippen LogP contribution in [0.25, 0.3) is 0 Å². The third-order valence-corrected chi connectivity index (χ3v) is 3.76. The van der Waals surface area contributed by atoms with Crippen LogP contribution in [0, 0.1) is 0 Å². The number of hydrogen-bond donors (Lipinski definition) is 1. The van der Waals surface area contributed by atoms with Crippen LogP contribution in [0.5, 0.6) is 0 Å². The van der Waals surface area contributed by atoms with Gasteiger partial charge in [0.1, 0.15) is 0 Å². The number of para-hydroxylation sites is 2. The van der Waals surface area contributed by atoms with Gasteiger partial charge in [-0.15, -0.1) is 12.4 Å². The molecule has 1 aliphatic heterocycles. The molecule has 3 rings (SSSR count). The van der Waals surface area contributed by atoms with E-state index >= 15 is 0 Å². The molecule has 1 amide bonds. The number of nitrogens with zero attached hydrogens (tertiary/aromatic N) is 2. The largest absolute Gasteiger partial charge is 0.382 e. The third-order valence-electron chi connectivity index (χ3n) is 3.76. The zero-order valence-corrected chi connectivity index (χ0v) is 11.9. The number of halogens is 1. The van der Waals surface area contributed by atoms with Crippen LogP contribution in [0.15, 0.2) is 24.3 Å². The minimum absolute atomic E-state index is 0. The molecular weight excluding hydrogens is 262 g/mol. The molecule has 2 aliphatic rings. The maximum atomic E-state index is 12.2. The second-order valence-corrected chi connectivity index (χ2v) is 5.10. The van der Waals surface area contributed by atoms with Gasteiger partial charge >= 0.3 is 0 Å². The minimum Gasteiger partial charge on any atom is -0.382 e. The van der Waals surface area contributed by atoms with Gasteiger partial charge in [0.25, 0.3) is 0 Å². The molecule has 104 valence electrons. The van der Waals surface area contributed by atoms with Crippen LogP contribution in [0.4, 0.5) is 11.4 Å². The molecule has 0 aromatic heterocycles. The molecule has 0 radical (unpaired) electrons. The molecule has 1 saturated carbocycles. The van der Waals surface area contributed by atoms with E-state index in [1.807, 2.05) is 24.1 Å². The summed E-state index contributed by atoms with van der Waals surface area (Å²) >= 11 is 0. The predicted octanol–water partition coefficient (Wildman–Crippen LogP) is 1.96. The van der Waals surface area contributed by atoms with Crippen molar-refractivity contribution in [2.45, 2.75) is 18.9 Å².